The molecule has 0 fully saturated rings. The molecule has 2 atom stereocenters. The Hall–Kier alpha value is -3.33. The van der Waals surface area contributed by atoms with Crippen LogP contribution in [-0.4, -0.2) is 17.9 Å². The van der Waals surface area contributed by atoms with Gasteiger partial charge in [-0.2, -0.15) is 0 Å². The lowest BCUT2D eigenvalue weighted by molar-refractivity contribution is -0.131. The lowest BCUT2D eigenvalue weighted by atomic mass is 9.80. The molecule has 27 heavy (non-hydrogen) atoms. The molecule has 0 saturated carbocycles. The quantitative estimate of drug-likeness (QED) is 0.450. The number of aldehydes is 1. The number of Topliss-reactive ketones (excluding diaryl/α,β-unsaturated/α-hetero) is 2. The van der Waals surface area contributed by atoms with Crippen molar-refractivity contribution in [3.63, 3.8) is 0 Å². The van der Waals surface area contributed by atoms with Crippen molar-refractivity contribution in [1.82, 2.24) is 0 Å². The SMILES string of the molecule is O=CC(C(=O)C(C(=O)Cc1ccccc1)c1ccccc1)c1ccccc1. The Bertz CT molecular complexity index is 902. The van der Waals surface area contributed by atoms with Crippen molar-refractivity contribution in [3.8, 4) is 0 Å². The summed E-state index contributed by atoms with van der Waals surface area (Å²) in [5.41, 5.74) is 2.07. The Balaban J connectivity index is 1.95. The van der Waals surface area contributed by atoms with E-state index in [4.69, 9.17) is 0 Å². The fraction of sp³-hybridized carbons (Fsp3) is 0.125. The molecule has 0 amide bonds. The van der Waals surface area contributed by atoms with E-state index in [1.165, 1.54) is 0 Å². The van der Waals surface area contributed by atoms with Crippen LogP contribution in [0, 0.1) is 0 Å². The largest absolute Gasteiger partial charge is 0.302 e. The highest BCUT2D eigenvalue weighted by atomic mass is 16.2. The smallest absolute Gasteiger partial charge is 0.162 e. The number of hydrogen-bond acceptors (Lipinski definition) is 3. The van der Waals surface area contributed by atoms with Crippen LogP contribution in [0.3, 0.4) is 0 Å². The fourth-order valence-electron chi connectivity index (χ4n) is 3.20. The Morgan fingerprint density at radius 2 is 1.19 bits per heavy atom. The van der Waals surface area contributed by atoms with Gasteiger partial charge >= 0.3 is 0 Å². The van der Waals surface area contributed by atoms with Crippen molar-refractivity contribution >= 4 is 17.9 Å². The molecule has 0 aliphatic carbocycles. The van der Waals surface area contributed by atoms with Crippen LogP contribution in [0.2, 0.25) is 0 Å². The molecule has 0 heterocycles. The minimum Gasteiger partial charge on any atom is -0.302 e. The number of rotatable bonds is 8. The first-order chi connectivity index (χ1) is 13.2. The highest BCUT2D eigenvalue weighted by Crippen LogP contribution is 2.27. The summed E-state index contributed by atoms with van der Waals surface area (Å²) in [6.45, 7) is 0. The van der Waals surface area contributed by atoms with E-state index in [-0.39, 0.29) is 18.0 Å². The van der Waals surface area contributed by atoms with Crippen molar-refractivity contribution in [2.75, 3.05) is 0 Å². The normalized spacial score (nSPS) is 12.7. The summed E-state index contributed by atoms with van der Waals surface area (Å²) in [6.07, 6.45) is 0.774. The predicted octanol–water partition coefficient (Wildman–Crippen LogP) is 4.13. The minimum atomic E-state index is -0.971. The average molecular weight is 356 g/mol. The summed E-state index contributed by atoms with van der Waals surface area (Å²) in [5.74, 6) is -2.53. The molecule has 0 radical (unpaired) electrons. The molecule has 134 valence electrons. The molecule has 3 heteroatoms. The molecule has 0 saturated heterocycles. The van der Waals surface area contributed by atoms with Crippen LogP contribution in [0.15, 0.2) is 91.0 Å². The van der Waals surface area contributed by atoms with E-state index in [0.29, 0.717) is 17.4 Å². The van der Waals surface area contributed by atoms with Gasteiger partial charge in [-0.05, 0) is 16.7 Å². The first-order valence-corrected chi connectivity index (χ1v) is 8.86. The van der Waals surface area contributed by atoms with Gasteiger partial charge in [0.1, 0.15) is 12.2 Å². The number of carbonyl (C=O) groups excluding carboxylic acids is 3. The number of benzene rings is 3. The van der Waals surface area contributed by atoms with Gasteiger partial charge in [-0.3, -0.25) is 9.59 Å². The van der Waals surface area contributed by atoms with Gasteiger partial charge in [-0.1, -0.05) is 91.0 Å². The number of carbonyl (C=O) groups is 3. The van der Waals surface area contributed by atoms with Crippen LogP contribution >= 0.6 is 0 Å². The highest BCUT2D eigenvalue weighted by molar-refractivity contribution is 6.15. The molecule has 0 spiro atoms. The lowest BCUT2D eigenvalue weighted by Gasteiger charge is -2.19. The molecule has 0 aliphatic rings. The molecule has 3 aromatic carbocycles. The third-order valence-corrected chi connectivity index (χ3v) is 4.56. The minimum absolute atomic E-state index is 0.145. The summed E-state index contributed by atoms with van der Waals surface area (Å²) < 4.78 is 0. The van der Waals surface area contributed by atoms with E-state index >= 15 is 0 Å². The van der Waals surface area contributed by atoms with Gasteiger partial charge in [0.15, 0.2) is 11.6 Å². The molecule has 0 N–H and O–H groups in total. The Kier molecular flexibility index (Phi) is 6.06. The van der Waals surface area contributed by atoms with Crippen LogP contribution in [0.5, 0.6) is 0 Å². The van der Waals surface area contributed by atoms with Crippen molar-refractivity contribution in [3.05, 3.63) is 108 Å². The van der Waals surface area contributed by atoms with Crippen molar-refractivity contribution in [1.29, 1.82) is 0 Å². The third kappa shape index (κ3) is 4.45. The zero-order valence-electron chi connectivity index (χ0n) is 14.8. The van der Waals surface area contributed by atoms with Crippen LogP contribution in [0.4, 0.5) is 0 Å². The maximum absolute atomic E-state index is 13.3. The summed E-state index contributed by atoms with van der Waals surface area (Å²) in [7, 11) is 0. The maximum atomic E-state index is 13.3. The van der Waals surface area contributed by atoms with Gasteiger partial charge in [0.2, 0.25) is 0 Å². The first kappa shape index (κ1) is 18.5. The van der Waals surface area contributed by atoms with Gasteiger partial charge < -0.3 is 4.79 Å². The van der Waals surface area contributed by atoms with E-state index in [2.05, 4.69) is 0 Å². The van der Waals surface area contributed by atoms with Gasteiger partial charge in [0.25, 0.3) is 0 Å². The molecule has 2 unspecified atom stereocenters. The maximum Gasteiger partial charge on any atom is 0.162 e. The monoisotopic (exact) mass is 356 g/mol. The molecular formula is C24H20O3. The summed E-state index contributed by atoms with van der Waals surface area (Å²) in [5, 5.41) is 0. The van der Waals surface area contributed by atoms with E-state index in [1.807, 2.05) is 42.5 Å². The van der Waals surface area contributed by atoms with Crippen molar-refractivity contribution in [2.24, 2.45) is 0 Å². The zero-order chi connectivity index (χ0) is 19.1. The van der Waals surface area contributed by atoms with Crippen LogP contribution in [0.25, 0.3) is 0 Å². The molecule has 0 aromatic heterocycles. The molecule has 0 aliphatic heterocycles. The van der Waals surface area contributed by atoms with E-state index in [9.17, 15) is 14.4 Å². The highest BCUT2D eigenvalue weighted by Gasteiger charge is 2.34. The van der Waals surface area contributed by atoms with Crippen LogP contribution < -0.4 is 0 Å². The van der Waals surface area contributed by atoms with Crippen LogP contribution in [-0.2, 0) is 20.8 Å². The Morgan fingerprint density at radius 3 is 1.70 bits per heavy atom. The van der Waals surface area contributed by atoms with Gasteiger partial charge in [0.05, 0.1) is 5.92 Å². The predicted molar refractivity (Wildman–Crippen MR) is 105 cm³/mol. The summed E-state index contributed by atoms with van der Waals surface area (Å²) in [6, 6.07) is 27.1. The molecule has 3 aromatic rings. The third-order valence-electron chi connectivity index (χ3n) is 4.56. The average Bonchev–Trinajstić information content (AvgIpc) is 2.71. The van der Waals surface area contributed by atoms with E-state index < -0.39 is 11.8 Å². The second-order valence-corrected chi connectivity index (χ2v) is 6.40. The lowest BCUT2D eigenvalue weighted by Crippen LogP contribution is -2.29. The van der Waals surface area contributed by atoms with Gasteiger partial charge in [-0.15, -0.1) is 0 Å². The molecule has 3 rings (SSSR count). The molecule has 0 bridgehead atoms. The Morgan fingerprint density at radius 1 is 0.704 bits per heavy atom. The topological polar surface area (TPSA) is 51.2 Å². The number of hydrogen-bond donors (Lipinski definition) is 0. The van der Waals surface area contributed by atoms with Gasteiger partial charge in [-0.25, -0.2) is 0 Å². The van der Waals surface area contributed by atoms with E-state index in [0.717, 1.165) is 5.56 Å². The second-order valence-electron chi connectivity index (χ2n) is 6.40. The van der Waals surface area contributed by atoms with Crippen LogP contribution in [0.1, 0.15) is 28.5 Å². The van der Waals surface area contributed by atoms with Crippen molar-refractivity contribution in [2.45, 2.75) is 18.3 Å². The summed E-state index contributed by atoms with van der Waals surface area (Å²) >= 11 is 0. The standard InChI is InChI=1S/C24H20O3/c25-17-21(19-12-6-2-7-13-19)24(27)23(20-14-8-3-9-15-20)22(26)16-18-10-4-1-5-11-18/h1-15,17,21,23H,16H2. The van der Waals surface area contributed by atoms with Gasteiger partial charge in [0, 0.05) is 6.42 Å². The second kappa shape index (κ2) is 8.86. The van der Waals surface area contributed by atoms with Crippen molar-refractivity contribution < 1.29 is 14.4 Å². The van der Waals surface area contributed by atoms with E-state index in [1.54, 1.807) is 48.5 Å². The zero-order valence-corrected chi connectivity index (χ0v) is 14.8. The molecule has 3 nitrogen and oxygen atoms in total. The first-order valence-electron chi connectivity index (χ1n) is 8.86. The molecular weight excluding hydrogens is 336 g/mol. The fourth-order valence-corrected chi connectivity index (χ4v) is 3.20. The summed E-state index contributed by atoms with van der Waals surface area (Å²) in [4.78, 5) is 38.1. The number of ketones is 2. The Labute approximate surface area is 158 Å².